The number of hydrogen-bond donors (Lipinski definition) is 0. The van der Waals surface area contributed by atoms with Crippen LogP contribution in [-0.2, 0) is 0 Å². The van der Waals surface area contributed by atoms with Crippen molar-refractivity contribution >= 4 is 76.2 Å². The van der Waals surface area contributed by atoms with Crippen LogP contribution < -0.4 is 14.2 Å². The van der Waals surface area contributed by atoms with Crippen LogP contribution >= 0.6 is 0 Å². The van der Waals surface area contributed by atoms with E-state index in [0.717, 1.165) is 206 Å². The van der Waals surface area contributed by atoms with Crippen molar-refractivity contribution in [3.63, 3.8) is 0 Å². The molecule has 23 rings (SSSR count). The summed E-state index contributed by atoms with van der Waals surface area (Å²) >= 11 is 0. The molecule has 20 aromatic rings. The molecule has 0 atom stereocenters. The van der Waals surface area contributed by atoms with E-state index in [1.165, 1.54) is 37.9 Å². The fraction of sp³-hybridized carbons (Fsp3) is 0. The summed E-state index contributed by atoms with van der Waals surface area (Å²) in [7, 11) is 0. The van der Waals surface area contributed by atoms with Gasteiger partial charge < -0.3 is 23.0 Å². The predicted molar refractivity (Wildman–Crippen MR) is 439 cm³/mol. The van der Waals surface area contributed by atoms with Crippen molar-refractivity contribution < 1.29 is 23.0 Å². The Balaban J connectivity index is 0.595. The average molecular weight is 1360 g/mol. The van der Waals surface area contributed by atoms with Crippen LogP contribution in [0.15, 0.2) is 361 Å². The highest BCUT2D eigenvalue weighted by molar-refractivity contribution is 6.27. The molecule has 0 N–H and O–H groups in total. The molecular formula is C102H58O5. The molecule has 0 aliphatic carbocycles. The Labute approximate surface area is 615 Å². The number of benzene rings is 18. The quantitative estimate of drug-likeness (QED) is 0.155. The van der Waals surface area contributed by atoms with Gasteiger partial charge in [0.2, 0.25) is 0 Å². The van der Waals surface area contributed by atoms with Crippen LogP contribution in [0.25, 0.3) is 210 Å². The molecule has 0 radical (unpaired) electrons. The van der Waals surface area contributed by atoms with Gasteiger partial charge in [0, 0.05) is 82.7 Å². The maximum absolute atomic E-state index is 7.22. The Bertz CT molecular complexity index is 7210. The molecule has 0 saturated heterocycles. The van der Waals surface area contributed by atoms with E-state index >= 15 is 0 Å². The van der Waals surface area contributed by atoms with Gasteiger partial charge in [0.15, 0.2) is 0 Å². The van der Waals surface area contributed by atoms with E-state index < -0.39 is 0 Å². The molecule has 107 heavy (non-hydrogen) atoms. The van der Waals surface area contributed by atoms with E-state index in [1.54, 1.807) is 0 Å². The van der Waals surface area contributed by atoms with Crippen molar-refractivity contribution in [3.8, 4) is 168 Å². The molecule has 5 heteroatoms. The smallest absolute Gasteiger partial charge is 0.143 e. The molecule has 496 valence electrons. The third-order valence-electron chi connectivity index (χ3n) is 22.6. The number of para-hydroxylation sites is 9. The summed E-state index contributed by atoms with van der Waals surface area (Å²) in [4.78, 5) is 0. The van der Waals surface area contributed by atoms with Gasteiger partial charge in [-0.1, -0.05) is 291 Å². The topological polar surface area (TPSA) is 54.0 Å². The monoisotopic (exact) mass is 1360 g/mol. The predicted octanol–water partition coefficient (Wildman–Crippen LogP) is 29.3. The number of ether oxygens (including phenoxy) is 3. The summed E-state index contributed by atoms with van der Waals surface area (Å²) in [5, 5.41) is 11.5. The first-order chi connectivity index (χ1) is 53.0. The van der Waals surface area contributed by atoms with Gasteiger partial charge in [-0.05, 0) is 165 Å². The van der Waals surface area contributed by atoms with Crippen LogP contribution in [0.2, 0.25) is 0 Å². The van der Waals surface area contributed by atoms with E-state index in [0.29, 0.717) is 0 Å². The van der Waals surface area contributed by atoms with Crippen molar-refractivity contribution in [1.29, 1.82) is 0 Å². The van der Waals surface area contributed by atoms with Gasteiger partial charge in [-0.15, -0.1) is 0 Å². The van der Waals surface area contributed by atoms with Crippen molar-refractivity contribution in [2.75, 3.05) is 0 Å². The van der Waals surface area contributed by atoms with Gasteiger partial charge in [-0.3, -0.25) is 0 Å². The summed E-state index contributed by atoms with van der Waals surface area (Å²) in [5.74, 6) is 4.94. The molecule has 3 aliphatic heterocycles. The maximum Gasteiger partial charge on any atom is 0.143 e. The minimum absolute atomic E-state index is 0.786. The molecule has 3 aliphatic rings. The summed E-state index contributed by atoms with van der Waals surface area (Å²) in [6.07, 6.45) is 0. The van der Waals surface area contributed by atoms with Gasteiger partial charge in [0.05, 0.1) is 0 Å². The minimum Gasteiger partial charge on any atom is -0.455 e. The lowest BCUT2D eigenvalue weighted by Crippen LogP contribution is -1.91. The Morgan fingerprint density at radius 3 is 1.12 bits per heavy atom. The van der Waals surface area contributed by atoms with E-state index in [-0.39, 0.29) is 0 Å². The van der Waals surface area contributed by atoms with Crippen molar-refractivity contribution in [2.24, 2.45) is 0 Å². The normalized spacial score (nSPS) is 12.3. The fourth-order valence-electron chi connectivity index (χ4n) is 17.6. The molecule has 0 saturated carbocycles. The minimum atomic E-state index is 0.786. The van der Waals surface area contributed by atoms with Crippen LogP contribution in [0.3, 0.4) is 0 Å². The lowest BCUT2D eigenvalue weighted by atomic mass is 9.87. The second kappa shape index (κ2) is 23.1. The van der Waals surface area contributed by atoms with Crippen LogP contribution in [0.5, 0.6) is 34.5 Å². The summed E-state index contributed by atoms with van der Waals surface area (Å²) in [6, 6.07) is 126. The van der Waals surface area contributed by atoms with E-state index in [2.05, 4.69) is 334 Å². The first-order valence-corrected chi connectivity index (χ1v) is 36.5. The Hall–Kier alpha value is -14.3. The second-order valence-electron chi connectivity index (χ2n) is 28.3. The molecular weight excluding hydrogens is 1310 g/mol. The standard InChI is InChI=1S/C102H58O5/c1-2-20-70-69(19-1)77-23-5-10-36-92(77)103-99-67(29-16-30-81(70)99)64-48-51-74-73-49-45-61(55-88(73)71-21-3-4-22-72(71)89(74)58-64)62-46-50-76-82-31-15-28-66(98(82)104-95-39-13-8-26-80(95)90(76)56-62)59-41-43-60(44-42-59)68-54-53-65(97-87-27-9-14-40-96(87)107-102(68)97)63-47-52-75-78-24-6-11-37-93(78)105-101-85(34-18-35-86(101)91(75)57-63)84-33-17-32-83-79-25-7-12-38-94(79)106-100(83)84/h1-58H. The lowest BCUT2D eigenvalue weighted by molar-refractivity contribution is 0.489. The van der Waals surface area contributed by atoms with Crippen LogP contribution in [-0.4, -0.2) is 0 Å². The molecule has 5 nitrogen and oxygen atoms in total. The number of fused-ring (bicyclic) bond motifs is 27. The van der Waals surface area contributed by atoms with Crippen LogP contribution in [0.1, 0.15) is 0 Å². The third-order valence-corrected chi connectivity index (χ3v) is 22.6. The first-order valence-electron chi connectivity index (χ1n) is 36.5. The molecule has 2 aromatic heterocycles. The highest BCUT2D eigenvalue weighted by Gasteiger charge is 2.30. The third kappa shape index (κ3) is 9.05. The molecule has 0 amide bonds. The zero-order valence-electron chi connectivity index (χ0n) is 57.5. The highest BCUT2D eigenvalue weighted by Crippen LogP contribution is 2.57. The van der Waals surface area contributed by atoms with Gasteiger partial charge in [-0.2, -0.15) is 0 Å². The van der Waals surface area contributed by atoms with Gasteiger partial charge in [0.1, 0.15) is 56.8 Å². The average Bonchev–Trinajstić information content (AvgIpc) is 1.55. The Kier molecular flexibility index (Phi) is 12.8. The Morgan fingerprint density at radius 2 is 0.477 bits per heavy atom. The Morgan fingerprint density at radius 1 is 0.150 bits per heavy atom. The highest BCUT2D eigenvalue weighted by atomic mass is 16.5. The van der Waals surface area contributed by atoms with Crippen molar-refractivity contribution in [1.82, 2.24) is 0 Å². The van der Waals surface area contributed by atoms with Crippen LogP contribution in [0, 0.1) is 0 Å². The number of hydrogen-bond acceptors (Lipinski definition) is 5. The summed E-state index contributed by atoms with van der Waals surface area (Å²) in [5.41, 5.74) is 29.0. The zero-order valence-corrected chi connectivity index (χ0v) is 57.5. The van der Waals surface area contributed by atoms with E-state index in [4.69, 9.17) is 23.0 Å². The largest absolute Gasteiger partial charge is 0.455 e. The lowest BCUT2D eigenvalue weighted by Gasteiger charge is -2.17. The molecule has 0 bridgehead atoms. The van der Waals surface area contributed by atoms with Crippen LogP contribution in [0.4, 0.5) is 0 Å². The van der Waals surface area contributed by atoms with Crippen molar-refractivity contribution in [3.05, 3.63) is 352 Å². The zero-order chi connectivity index (χ0) is 70.0. The summed E-state index contributed by atoms with van der Waals surface area (Å²) in [6.45, 7) is 0. The molecule has 0 spiro atoms. The fourth-order valence-corrected chi connectivity index (χ4v) is 17.6. The van der Waals surface area contributed by atoms with Gasteiger partial charge >= 0.3 is 0 Å². The first kappa shape index (κ1) is 59.3. The molecule has 18 aromatic carbocycles. The molecule has 5 heterocycles. The maximum atomic E-state index is 7.22. The SMILES string of the molecule is c1ccc2c(c1)Oc1c(-c3ccc4c5ccc(-c6ccc7c(c6)-c6ccccc6Oc6c(-c8ccc(-c9ccc(-c%10ccc%11c(c%10)-c%10cccc(-c%12cccc%13c%12oc%12ccccc%12%13)c%10Oc%10ccccc%10-%11)c%10c9oc9ccccc9%10)cc8)cccc6-7)cc5c5ccccc5c4c3)cccc1-c1ccccc1-2. The molecule has 0 unspecified atom stereocenters. The van der Waals surface area contributed by atoms with Gasteiger partial charge in [-0.25, -0.2) is 0 Å². The number of rotatable bonds is 6. The molecule has 0 fully saturated rings. The second-order valence-corrected chi connectivity index (χ2v) is 28.3. The summed E-state index contributed by atoms with van der Waals surface area (Å²) < 4.78 is 35.0. The van der Waals surface area contributed by atoms with Crippen molar-refractivity contribution in [2.45, 2.75) is 0 Å². The van der Waals surface area contributed by atoms with Gasteiger partial charge in [0.25, 0.3) is 0 Å². The van der Waals surface area contributed by atoms with E-state index in [9.17, 15) is 0 Å². The van der Waals surface area contributed by atoms with E-state index in [1.807, 2.05) is 18.2 Å². The number of furan rings is 2.